The van der Waals surface area contributed by atoms with Crippen LogP contribution in [0.2, 0.25) is 0 Å². The maximum Gasteiger partial charge on any atom is 0.124 e. The van der Waals surface area contributed by atoms with Gasteiger partial charge < -0.3 is 0 Å². The molecule has 2 aromatic rings. The van der Waals surface area contributed by atoms with Crippen LogP contribution < -0.4 is 0 Å². The van der Waals surface area contributed by atoms with E-state index in [-0.39, 0.29) is 5.82 Å². The van der Waals surface area contributed by atoms with E-state index in [2.05, 4.69) is 4.98 Å². The topological polar surface area (TPSA) is 12.9 Å². The van der Waals surface area contributed by atoms with Crippen LogP contribution in [-0.4, -0.2) is 4.98 Å². The molecule has 1 aromatic carbocycles. The van der Waals surface area contributed by atoms with Gasteiger partial charge in [-0.3, -0.25) is 0 Å². The minimum atomic E-state index is -0.204. The number of hydrogen-bond donors (Lipinski definition) is 0. The number of benzene rings is 1. The van der Waals surface area contributed by atoms with Crippen LogP contribution >= 0.6 is 11.3 Å². The van der Waals surface area contributed by atoms with Gasteiger partial charge in [-0.25, -0.2) is 9.37 Å². The normalized spacial score (nSPS) is 10.3. The fourth-order valence-corrected chi connectivity index (χ4v) is 1.85. The van der Waals surface area contributed by atoms with Gasteiger partial charge in [0.2, 0.25) is 0 Å². The Bertz CT molecular complexity index is 389. The first-order valence-corrected chi connectivity index (χ1v) is 4.81. The molecule has 0 aliphatic heterocycles. The van der Waals surface area contributed by atoms with Gasteiger partial charge in [0, 0.05) is 17.1 Å². The van der Waals surface area contributed by atoms with E-state index in [0.717, 1.165) is 16.1 Å². The van der Waals surface area contributed by atoms with Crippen molar-refractivity contribution in [3.8, 4) is 10.6 Å². The number of aromatic nitrogens is 1. The van der Waals surface area contributed by atoms with Crippen LogP contribution in [0, 0.1) is 12.7 Å². The monoisotopic (exact) mass is 193 g/mol. The van der Waals surface area contributed by atoms with E-state index in [9.17, 15) is 4.39 Å². The van der Waals surface area contributed by atoms with Crippen LogP contribution in [0.1, 0.15) is 5.56 Å². The van der Waals surface area contributed by atoms with Crippen molar-refractivity contribution in [1.82, 2.24) is 4.98 Å². The van der Waals surface area contributed by atoms with Crippen molar-refractivity contribution < 1.29 is 4.39 Å². The Kier molecular flexibility index (Phi) is 2.10. The van der Waals surface area contributed by atoms with Crippen LogP contribution in [0.4, 0.5) is 4.39 Å². The highest BCUT2D eigenvalue weighted by molar-refractivity contribution is 7.13. The Labute approximate surface area is 79.9 Å². The second-order valence-corrected chi connectivity index (χ2v) is 3.75. The standard InChI is InChI=1S/C10H8FNS/c1-7-4-8(6-9(11)5-7)10-12-2-3-13-10/h2-6H,1H3. The molecule has 1 nitrogen and oxygen atoms in total. The van der Waals surface area contributed by atoms with Crippen LogP contribution in [0.3, 0.4) is 0 Å². The molecule has 13 heavy (non-hydrogen) atoms. The van der Waals surface area contributed by atoms with E-state index in [1.54, 1.807) is 6.20 Å². The van der Waals surface area contributed by atoms with Gasteiger partial charge in [0.1, 0.15) is 10.8 Å². The molecular weight excluding hydrogens is 185 g/mol. The predicted octanol–water partition coefficient (Wildman–Crippen LogP) is 3.26. The van der Waals surface area contributed by atoms with E-state index >= 15 is 0 Å². The van der Waals surface area contributed by atoms with E-state index in [0.29, 0.717) is 0 Å². The summed E-state index contributed by atoms with van der Waals surface area (Å²) < 4.78 is 13.0. The van der Waals surface area contributed by atoms with Crippen molar-refractivity contribution in [1.29, 1.82) is 0 Å². The average Bonchev–Trinajstić information content (AvgIpc) is 2.53. The maximum absolute atomic E-state index is 13.0. The lowest BCUT2D eigenvalue weighted by Crippen LogP contribution is -1.81. The molecule has 0 bridgehead atoms. The Balaban J connectivity index is 2.53. The number of hydrogen-bond acceptors (Lipinski definition) is 2. The molecule has 3 heteroatoms. The molecule has 0 aliphatic rings. The van der Waals surface area contributed by atoms with Gasteiger partial charge in [0.15, 0.2) is 0 Å². The Morgan fingerprint density at radius 2 is 2.15 bits per heavy atom. The second-order valence-electron chi connectivity index (χ2n) is 2.85. The maximum atomic E-state index is 13.0. The summed E-state index contributed by atoms with van der Waals surface area (Å²) in [5.74, 6) is -0.204. The number of rotatable bonds is 1. The molecule has 0 N–H and O–H groups in total. The summed E-state index contributed by atoms with van der Waals surface area (Å²) in [6.07, 6.45) is 1.72. The van der Waals surface area contributed by atoms with Gasteiger partial charge in [-0.1, -0.05) is 0 Å². The predicted molar refractivity (Wildman–Crippen MR) is 52.2 cm³/mol. The van der Waals surface area contributed by atoms with E-state index in [4.69, 9.17) is 0 Å². The summed E-state index contributed by atoms with van der Waals surface area (Å²) in [5, 5.41) is 2.75. The summed E-state index contributed by atoms with van der Waals surface area (Å²) >= 11 is 1.52. The first kappa shape index (κ1) is 8.38. The van der Waals surface area contributed by atoms with Crippen LogP contribution in [-0.2, 0) is 0 Å². The van der Waals surface area contributed by atoms with Crippen LogP contribution in [0.15, 0.2) is 29.8 Å². The Morgan fingerprint density at radius 1 is 1.31 bits per heavy atom. The molecule has 0 saturated heterocycles. The Hall–Kier alpha value is -1.22. The van der Waals surface area contributed by atoms with Crippen molar-refractivity contribution in [2.24, 2.45) is 0 Å². The largest absolute Gasteiger partial charge is 0.245 e. The minimum Gasteiger partial charge on any atom is -0.245 e. The molecule has 0 saturated carbocycles. The second kappa shape index (κ2) is 3.26. The zero-order valence-corrected chi connectivity index (χ0v) is 7.94. The molecule has 2 rings (SSSR count). The number of nitrogens with zero attached hydrogens (tertiary/aromatic N) is 1. The smallest absolute Gasteiger partial charge is 0.124 e. The van der Waals surface area contributed by atoms with Gasteiger partial charge in [0.25, 0.3) is 0 Å². The molecule has 1 heterocycles. The summed E-state index contributed by atoms with van der Waals surface area (Å²) in [6, 6.07) is 4.95. The lowest BCUT2D eigenvalue weighted by molar-refractivity contribution is 0.627. The van der Waals surface area contributed by atoms with Gasteiger partial charge >= 0.3 is 0 Å². The zero-order valence-electron chi connectivity index (χ0n) is 7.12. The van der Waals surface area contributed by atoms with Crippen molar-refractivity contribution in [3.05, 3.63) is 41.2 Å². The first-order chi connectivity index (χ1) is 6.25. The third-order valence-electron chi connectivity index (χ3n) is 1.72. The Morgan fingerprint density at radius 3 is 2.77 bits per heavy atom. The number of thiazole rings is 1. The van der Waals surface area contributed by atoms with Crippen LogP contribution in [0.5, 0.6) is 0 Å². The van der Waals surface area contributed by atoms with E-state index in [1.165, 1.54) is 23.5 Å². The quantitative estimate of drug-likeness (QED) is 0.677. The summed E-state index contributed by atoms with van der Waals surface area (Å²) in [5.41, 5.74) is 1.78. The SMILES string of the molecule is Cc1cc(F)cc(-c2nccs2)c1. The highest BCUT2D eigenvalue weighted by Gasteiger charge is 2.02. The summed E-state index contributed by atoms with van der Waals surface area (Å²) in [4.78, 5) is 4.12. The van der Waals surface area contributed by atoms with Crippen molar-refractivity contribution in [3.63, 3.8) is 0 Å². The molecule has 0 spiro atoms. The zero-order chi connectivity index (χ0) is 9.26. The molecular formula is C10H8FNS. The third kappa shape index (κ3) is 1.75. The third-order valence-corrected chi connectivity index (χ3v) is 2.54. The van der Waals surface area contributed by atoms with Crippen molar-refractivity contribution >= 4 is 11.3 Å². The molecule has 66 valence electrons. The van der Waals surface area contributed by atoms with Crippen molar-refractivity contribution in [2.75, 3.05) is 0 Å². The number of aryl methyl sites for hydroxylation is 1. The highest BCUT2D eigenvalue weighted by atomic mass is 32.1. The molecule has 0 unspecified atom stereocenters. The molecule has 0 aliphatic carbocycles. The molecule has 0 atom stereocenters. The average molecular weight is 193 g/mol. The van der Waals surface area contributed by atoms with Gasteiger partial charge in [-0.05, 0) is 30.7 Å². The molecule has 0 amide bonds. The van der Waals surface area contributed by atoms with Crippen molar-refractivity contribution in [2.45, 2.75) is 6.92 Å². The summed E-state index contributed by atoms with van der Waals surface area (Å²) in [6.45, 7) is 1.88. The van der Waals surface area contributed by atoms with E-state index in [1.807, 2.05) is 18.4 Å². The van der Waals surface area contributed by atoms with Gasteiger partial charge in [-0.2, -0.15) is 0 Å². The lowest BCUT2D eigenvalue weighted by Gasteiger charge is -1.98. The number of halogens is 1. The van der Waals surface area contributed by atoms with Gasteiger partial charge in [0.05, 0.1) is 0 Å². The lowest BCUT2D eigenvalue weighted by atomic mass is 10.1. The molecule has 0 fully saturated rings. The van der Waals surface area contributed by atoms with Gasteiger partial charge in [-0.15, -0.1) is 11.3 Å². The first-order valence-electron chi connectivity index (χ1n) is 3.93. The fourth-order valence-electron chi connectivity index (χ4n) is 1.23. The molecule has 1 aromatic heterocycles. The van der Waals surface area contributed by atoms with E-state index < -0.39 is 0 Å². The minimum absolute atomic E-state index is 0.204. The molecule has 0 radical (unpaired) electrons. The fraction of sp³-hybridized carbons (Fsp3) is 0.100. The van der Waals surface area contributed by atoms with Crippen LogP contribution in [0.25, 0.3) is 10.6 Å². The summed E-state index contributed by atoms with van der Waals surface area (Å²) in [7, 11) is 0. The highest BCUT2D eigenvalue weighted by Crippen LogP contribution is 2.23.